The number of aryl methyl sites for hydroxylation is 1. The first kappa shape index (κ1) is 21.3. The molecule has 4 aliphatic rings. The Kier molecular flexibility index (Phi) is 5.32. The Balaban J connectivity index is 1.04. The lowest BCUT2D eigenvalue weighted by atomic mass is 9.53. The molecule has 0 amide bonds. The Bertz CT molecular complexity index is 1110. The first-order valence-electron chi connectivity index (χ1n) is 12.6. The van der Waals surface area contributed by atoms with Crippen LogP contribution in [0.5, 0.6) is 0 Å². The third-order valence-corrected chi connectivity index (χ3v) is 8.71. The SMILES string of the molecule is CN(CCCc1nc2ccccc2[nH]1)CC[C@]1(O)C[C@H]2CC[C@@H]1C[C@]21OCc2ccccc21. The fourth-order valence-electron chi connectivity index (χ4n) is 6.88. The third-order valence-electron chi connectivity index (χ3n) is 8.71. The minimum Gasteiger partial charge on any atom is -0.390 e. The molecule has 4 atom stereocenters. The van der Waals surface area contributed by atoms with Gasteiger partial charge in [0.25, 0.3) is 0 Å². The van der Waals surface area contributed by atoms with Gasteiger partial charge in [-0.25, -0.2) is 4.98 Å². The molecule has 2 aromatic carbocycles. The van der Waals surface area contributed by atoms with Crippen LogP contribution in [0.15, 0.2) is 48.5 Å². The summed E-state index contributed by atoms with van der Waals surface area (Å²) in [5.74, 6) is 1.82. The first-order chi connectivity index (χ1) is 16.1. The number of hydrogen-bond donors (Lipinski definition) is 2. The lowest BCUT2D eigenvalue weighted by Crippen LogP contribution is -2.57. The van der Waals surface area contributed by atoms with Crippen LogP contribution in [0.4, 0.5) is 0 Å². The zero-order valence-corrected chi connectivity index (χ0v) is 19.6. The molecule has 174 valence electrons. The highest BCUT2D eigenvalue weighted by atomic mass is 16.5. The minimum absolute atomic E-state index is 0.149. The molecule has 1 spiro atoms. The maximum atomic E-state index is 11.7. The number of benzene rings is 2. The Morgan fingerprint density at radius 1 is 1.06 bits per heavy atom. The Morgan fingerprint density at radius 3 is 2.73 bits per heavy atom. The van der Waals surface area contributed by atoms with E-state index in [0.29, 0.717) is 11.8 Å². The number of H-pyrrole nitrogens is 1. The van der Waals surface area contributed by atoms with E-state index in [0.717, 1.165) is 75.1 Å². The molecule has 33 heavy (non-hydrogen) atoms. The molecule has 0 unspecified atom stereocenters. The highest BCUT2D eigenvalue weighted by Crippen LogP contribution is 2.61. The summed E-state index contributed by atoms with van der Waals surface area (Å²) in [5.41, 5.74) is 4.19. The minimum atomic E-state index is -0.554. The van der Waals surface area contributed by atoms with E-state index in [4.69, 9.17) is 9.72 Å². The van der Waals surface area contributed by atoms with Crippen molar-refractivity contribution in [2.24, 2.45) is 11.8 Å². The first-order valence-corrected chi connectivity index (χ1v) is 12.6. The largest absolute Gasteiger partial charge is 0.390 e. The van der Waals surface area contributed by atoms with E-state index in [1.165, 1.54) is 17.5 Å². The van der Waals surface area contributed by atoms with Gasteiger partial charge in [-0.1, -0.05) is 36.4 Å². The number of aromatic nitrogens is 2. The van der Waals surface area contributed by atoms with Crippen molar-refractivity contribution >= 4 is 11.0 Å². The van der Waals surface area contributed by atoms with Gasteiger partial charge in [-0.15, -0.1) is 0 Å². The van der Waals surface area contributed by atoms with Crippen molar-refractivity contribution in [3.8, 4) is 0 Å². The molecule has 0 radical (unpaired) electrons. The van der Waals surface area contributed by atoms with Crippen molar-refractivity contribution in [2.45, 2.75) is 62.8 Å². The maximum absolute atomic E-state index is 11.7. The molecule has 3 saturated carbocycles. The number of aliphatic hydroxyl groups is 1. The monoisotopic (exact) mass is 445 g/mol. The lowest BCUT2D eigenvalue weighted by molar-refractivity contribution is -0.211. The molecular formula is C28H35N3O2. The number of para-hydroxylation sites is 2. The van der Waals surface area contributed by atoms with E-state index in [1.54, 1.807) is 0 Å². The van der Waals surface area contributed by atoms with Crippen molar-refractivity contribution in [2.75, 3.05) is 20.1 Å². The molecular weight excluding hydrogens is 410 g/mol. The number of hydrogen-bond acceptors (Lipinski definition) is 4. The zero-order chi connectivity index (χ0) is 22.5. The standard InChI is InChI=1S/C28H35N3O2/c1-31(15-6-11-26-29-24-9-4-5-10-25(24)30-26)16-14-27(32)17-22-13-12-21(27)18-28(22)23-8-3-2-7-20(23)19-33-28/h2-5,7-10,21-22,32H,6,11-19H2,1H3,(H,29,30)/t21-,22-,27+,28+/m1/s1. The van der Waals surface area contributed by atoms with Gasteiger partial charge in [0.2, 0.25) is 0 Å². The fraction of sp³-hybridized carbons (Fsp3) is 0.536. The fourth-order valence-corrected chi connectivity index (χ4v) is 6.88. The second-order valence-corrected chi connectivity index (χ2v) is 10.7. The Hall–Kier alpha value is -2.21. The van der Waals surface area contributed by atoms with Crippen LogP contribution in [0.1, 0.15) is 55.5 Å². The van der Waals surface area contributed by atoms with Gasteiger partial charge in [-0.05, 0) is 87.2 Å². The van der Waals surface area contributed by atoms with Crippen LogP contribution in [0.25, 0.3) is 11.0 Å². The van der Waals surface area contributed by atoms with Crippen LogP contribution >= 0.6 is 0 Å². The summed E-state index contributed by atoms with van der Waals surface area (Å²) in [6, 6.07) is 16.9. The average Bonchev–Trinajstić information content (AvgIpc) is 3.41. The van der Waals surface area contributed by atoms with E-state index < -0.39 is 5.60 Å². The summed E-state index contributed by atoms with van der Waals surface area (Å²) >= 11 is 0. The van der Waals surface area contributed by atoms with Crippen molar-refractivity contribution in [1.82, 2.24) is 14.9 Å². The molecule has 5 heteroatoms. The molecule has 1 aromatic heterocycles. The molecule has 3 aromatic rings. The predicted molar refractivity (Wildman–Crippen MR) is 130 cm³/mol. The van der Waals surface area contributed by atoms with Crippen molar-refractivity contribution in [1.29, 1.82) is 0 Å². The van der Waals surface area contributed by atoms with Gasteiger partial charge in [-0.3, -0.25) is 0 Å². The lowest BCUT2D eigenvalue weighted by Gasteiger charge is -2.57. The molecule has 1 aliphatic heterocycles. The summed E-state index contributed by atoms with van der Waals surface area (Å²) < 4.78 is 6.49. The molecule has 3 aliphatic carbocycles. The van der Waals surface area contributed by atoms with E-state index in [-0.39, 0.29) is 5.60 Å². The predicted octanol–water partition coefficient (Wildman–Crippen LogP) is 4.79. The molecule has 3 fully saturated rings. The van der Waals surface area contributed by atoms with Crippen LogP contribution in [0, 0.1) is 11.8 Å². The topological polar surface area (TPSA) is 61.4 Å². The van der Waals surface area contributed by atoms with Crippen LogP contribution in [-0.4, -0.2) is 45.7 Å². The van der Waals surface area contributed by atoms with E-state index in [1.807, 2.05) is 12.1 Å². The van der Waals surface area contributed by atoms with E-state index in [9.17, 15) is 5.11 Å². The van der Waals surface area contributed by atoms with Gasteiger partial charge in [0, 0.05) is 13.0 Å². The molecule has 2 N–H and O–H groups in total. The van der Waals surface area contributed by atoms with Crippen LogP contribution in [-0.2, 0) is 23.4 Å². The van der Waals surface area contributed by atoms with Gasteiger partial charge in [0.15, 0.2) is 0 Å². The smallest absolute Gasteiger partial charge is 0.107 e. The number of nitrogens with one attached hydrogen (secondary N) is 1. The summed E-state index contributed by atoms with van der Waals surface area (Å²) in [7, 11) is 2.18. The molecule has 5 nitrogen and oxygen atoms in total. The van der Waals surface area contributed by atoms with Gasteiger partial charge < -0.3 is 19.7 Å². The number of nitrogens with zero attached hydrogens (tertiary/aromatic N) is 2. The Labute approximate surface area is 196 Å². The quantitative estimate of drug-likeness (QED) is 0.549. The number of rotatable bonds is 7. The van der Waals surface area contributed by atoms with Crippen LogP contribution in [0.2, 0.25) is 0 Å². The number of ether oxygens (including phenoxy) is 1. The van der Waals surface area contributed by atoms with Crippen LogP contribution in [0.3, 0.4) is 0 Å². The van der Waals surface area contributed by atoms with Gasteiger partial charge >= 0.3 is 0 Å². The highest BCUT2D eigenvalue weighted by molar-refractivity contribution is 5.74. The second-order valence-electron chi connectivity index (χ2n) is 10.7. The summed E-state index contributed by atoms with van der Waals surface area (Å²) in [6.45, 7) is 2.68. The van der Waals surface area contributed by atoms with E-state index in [2.05, 4.69) is 53.3 Å². The number of aromatic amines is 1. The summed E-state index contributed by atoms with van der Waals surface area (Å²) in [5, 5.41) is 11.7. The van der Waals surface area contributed by atoms with Crippen molar-refractivity contribution in [3.05, 3.63) is 65.5 Å². The third kappa shape index (κ3) is 3.71. The van der Waals surface area contributed by atoms with Gasteiger partial charge in [0.05, 0.1) is 28.8 Å². The molecule has 2 heterocycles. The molecule has 2 bridgehead atoms. The normalized spacial score (nSPS) is 30.5. The van der Waals surface area contributed by atoms with Gasteiger partial charge in [0.1, 0.15) is 5.82 Å². The van der Waals surface area contributed by atoms with Crippen molar-refractivity contribution in [3.63, 3.8) is 0 Å². The van der Waals surface area contributed by atoms with Crippen LogP contribution < -0.4 is 0 Å². The molecule has 0 saturated heterocycles. The van der Waals surface area contributed by atoms with E-state index >= 15 is 0 Å². The van der Waals surface area contributed by atoms with Crippen molar-refractivity contribution < 1.29 is 9.84 Å². The summed E-state index contributed by atoms with van der Waals surface area (Å²) in [6.07, 6.45) is 7.02. The zero-order valence-electron chi connectivity index (χ0n) is 19.6. The average molecular weight is 446 g/mol. The maximum Gasteiger partial charge on any atom is 0.107 e. The highest BCUT2D eigenvalue weighted by Gasteiger charge is 2.60. The second kappa shape index (κ2) is 8.23. The summed E-state index contributed by atoms with van der Waals surface area (Å²) in [4.78, 5) is 10.5. The Morgan fingerprint density at radius 2 is 1.88 bits per heavy atom. The molecule has 7 rings (SSSR count). The number of imidazole rings is 1. The van der Waals surface area contributed by atoms with Gasteiger partial charge in [-0.2, -0.15) is 0 Å². The number of fused-ring (bicyclic) bond motifs is 4.